The van der Waals surface area contributed by atoms with Gasteiger partial charge in [-0.25, -0.2) is 0 Å². The van der Waals surface area contributed by atoms with Crippen LogP contribution in [0.2, 0.25) is 0 Å². The van der Waals surface area contributed by atoms with Gasteiger partial charge in [0, 0.05) is 20.1 Å². The third kappa shape index (κ3) is 3.94. The van der Waals surface area contributed by atoms with E-state index in [9.17, 15) is 10.1 Å². The number of anilines is 1. The fourth-order valence-electron chi connectivity index (χ4n) is 3.20. The molecule has 7 nitrogen and oxygen atoms in total. The van der Waals surface area contributed by atoms with Crippen LogP contribution in [0.5, 0.6) is 0 Å². The van der Waals surface area contributed by atoms with E-state index in [1.807, 2.05) is 18.2 Å². The molecule has 0 aliphatic carbocycles. The molecule has 0 spiro atoms. The van der Waals surface area contributed by atoms with Crippen LogP contribution in [0.3, 0.4) is 0 Å². The van der Waals surface area contributed by atoms with Crippen molar-refractivity contribution < 1.29 is 4.79 Å². The van der Waals surface area contributed by atoms with Crippen LogP contribution in [0.4, 0.5) is 5.69 Å². The lowest BCUT2D eigenvalue weighted by Gasteiger charge is -2.31. The van der Waals surface area contributed by atoms with Gasteiger partial charge in [0.1, 0.15) is 6.07 Å². The van der Waals surface area contributed by atoms with Crippen LogP contribution in [-0.2, 0) is 7.05 Å². The van der Waals surface area contributed by atoms with Gasteiger partial charge in [-0.15, -0.1) is 0 Å². The van der Waals surface area contributed by atoms with Gasteiger partial charge in [-0.3, -0.25) is 14.9 Å². The quantitative estimate of drug-likeness (QED) is 0.615. The Labute approximate surface area is 168 Å². The molecule has 1 aliphatic rings. The lowest BCUT2D eigenvalue weighted by molar-refractivity contribution is 0.102. The molecule has 2 heterocycles. The zero-order valence-electron chi connectivity index (χ0n) is 16.1. The van der Waals surface area contributed by atoms with Crippen LogP contribution in [0.1, 0.15) is 35.1 Å². The van der Waals surface area contributed by atoms with Crippen molar-refractivity contribution in [2.75, 3.05) is 24.7 Å². The molecule has 1 aromatic carbocycles. The molecule has 1 aromatic heterocycles. The molecule has 8 heteroatoms. The van der Waals surface area contributed by atoms with Crippen molar-refractivity contribution in [3.05, 3.63) is 52.9 Å². The standard InChI is InChI=1S/C20H22N6OS/c1-13-8-9-26(20(22)28-3)12-15(13)18-10-17(24-25(18)2)19(27)23-16-7-5-4-6-14(16)11-21/h4-7,10,22H,8-9,12H2,1-3H3,(H,23,27). The van der Waals surface area contributed by atoms with Crippen molar-refractivity contribution in [1.29, 1.82) is 10.7 Å². The molecule has 0 unspecified atom stereocenters. The first-order chi connectivity index (χ1) is 13.4. The van der Waals surface area contributed by atoms with Gasteiger partial charge in [-0.2, -0.15) is 10.4 Å². The van der Waals surface area contributed by atoms with E-state index in [2.05, 4.69) is 23.4 Å². The molecule has 2 N–H and O–H groups in total. The number of rotatable bonds is 3. The Balaban J connectivity index is 1.86. The van der Waals surface area contributed by atoms with Gasteiger partial charge < -0.3 is 10.2 Å². The second-order valence-corrected chi connectivity index (χ2v) is 7.38. The maximum atomic E-state index is 12.7. The number of para-hydroxylation sites is 1. The van der Waals surface area contributed by atoms with Crippen molar-refractivity contribution in [3.8, 4) is 6.07 Å². The highest BCUT2D eigenvalue weighted by Gasteiger charge is 2.23. The lowest BCUT2D eigenvalue weighted by atomic mass is 9.99. The summed E-state index contributed by atoms with van der Waals surface area (Å²) in [4.78, 5) is 14.7. The summed E-state index contributed by atoms with van der Waals surface area (Å²) in [5.74, 6) is -0.354. The molecule has 28 heavy (non-hydrogen) atoms. The van der Waals surface area contributed by atoms with E-state index in [0.717, 1.165) is 24.2 Å². The normalized spacial score (nSPS) is 14.0. The van der Waals surface area contributed by atoms with Crippen molar-refractivity contribution in [1.82, 2.24) is 14.7 Å². The molecular weight excluding hydrogens is 372 g/mol. The Morgan fingerprint density at radius 2 is 2.14 bits per heavy atom. The van der Waals surface area contributed by atoms with Crippen LogP contribution < -0.4 is 5.32 Å². The lowest BCUT2D eigenvalue weighted by Crippen LogP contribution is -2.34. The minimum atomic E-state index is -0.354. The highest BCUT2D eigenvalue weighted by Crippen LogP contribution is 2.28. The van der Waals surface area contributed by atoms with E-state index in [1.165, 1.54) is 17.3 Å². The van der Waals surface area contributed by atoms with E-state index in [0.29, 0.717) is 28.7 Å². The number of aromatic nitrogens is 2. The van der Waals surface area contributed by atoms with Crippen molar-refractivity contribution in [2.24, 2.45) is 7.05 Å². The maximum Gasteiger partial charge on any atom is 0.276 e. The number of nitrogens with one attached hydrogen (secondary N) is 2. The monoisotopic (exact) mass is 394 g/mol. The number of carbonyl (C=O) groups is 1. The van der Waals surface area contributed by atoms with E-state index >= 15 is 0 Å². The molecule has 1 amide bonds. The Kier molecular flexibility index (Phi) is 5.85. The number of aryl methyl sites for hydroxylation is 1. The van der Waals surface area contributed by atoms with E-state index < -0.39 is 0 Å². The van der Waals surface area contributed by atoms with Crippen molar-refractivity contribution in [3.63, 3.8) is 0 Å². The van der Waals surface area contributed by atoms with E-state index in [4.69, 9.17) is 5.41 Å². The Hall–Kier alpha value is -3.05. The SMILES string of the molecule is CSC(=N)N1CCC(C)=C(c2cc(C(=O)Nc3ccccc3C#N)nn2C)C1. The number of benzene rings is 1. The minimum absolute atomic E-state index is 0.294. The molecule has 0 saturated carbocycles. The van der Waals surface area contributed by atoms with Gasteiger partial charge in [-0.1, -0.05) is 29.5 Å². The largest absolute Gasteiger partial charge is 0.347 e. The third-order valence-corrected chi connectivity index (χ3v) is 5.46. The number of nitriles is 1. The number of amidine groups is 1. The van der Waals surface area contributed by atoms with E-state index in [-0.39, 0.29) is 5.91 Å². The second kappa shape index (κ2) is 8.31. The fourth-order valence-corrected chi connectivity index (χ4v) is 3.61. The average Bonchev–Trinajstić information content (AvgIpc) is 3.09. The van der Waals surface area contributed by atoms with Gasteiger partial charge in [0.15, 0.2) is 10.9 Å². The predicted octanol–water partition coefficient (Wildman–Crippen LogP) is 3.32. The third-order valence-electron chi connectivity index (χ3n) is 4.82. The van der Waals surface area contributed by atoms with Gasteiger partial charge in [0.05, 0.1) is 16.9 Å². The van der Waals surface area contributed by atoms with Crippen LogP contribution >= 0.6 is 11.8 Å². The predicted molar refractivity (Wildman–Crippen MR) is 112 cm³/mol. The number of hydrogen-bond acceptors (Lipinski definition) is 5. The highest BCUT2D eigenvalue weighted by molar-refractivity contribution is 8.13. The molecular formula is C20H22N6OS. The molecule has 0 fully saturated rings. The summed E-state index contributed by atoms with van der Waals surface area (Å²) in [6.45, 7) is 3.54. The molecule has 0 atom stereocenters. The summed E-state index contributed by atoms with van der Waals surface area (Å²) in [5, 5.41) is 25.0. The number of nitrogens with zero attached hydrogens (tertiary/aromatic N) is 4. The molecule has 2 aromatic rings. The first-order valence-electron chi connectivity index (χ1n) is 8.85. The minimum Gasteiger partial charge on any atom is -0.347 e. The molecule has 0 saturated heterocycles. The number of thioether (sulfide) groups is 1. The summed E-state index contributed by atoms with van der Waals surface area (Å²) in [6, 6.07) is 10.7. The van der Waals surface area contributed by atoms with Crippen LogP contribution in [-0.4, -0.2) is 45.1 Å². The summed E-state index contributed by atoms with van der Waals surface area (Å²) >= 11 is 1.42. The van der Waals surface area contributed by atoms with Crippen molar-refractivity contribution in [2.45, 2.75) is 13.3 Å². The number of amides is 1. The Bertz CT molecular complexity index is 1000. The average molecular weight is 395 g/mol. The zero-order valence-corrected chi connectivity index (χ0v) is 16.9. The molecule has 0 bridgehead atoms. The molecule has 144 valence electrons. The van der Waals surface area contributed by atoms with Gasteiger partial charge in [0.25, 0.3) is 5.91 Å². The van der Waals surface area contributed by atoms with Crippen LogP contribution in [0.15, 0.2) is 35.9 Å². The zero-order chi connectivity index (χ0) is 20.3. The Morgan fingerprint density at radius 1 is 1.39 bits per heavy atom. The molecule has 3 rings (SSSR count). The smallest absolute Gasteiger partial charge is 0.276 e. The summed E-state index contributed by atoms with van der Waals surface area (Å²) in [5.41, 5.74) is 4.38. The van der Waals surface area contributed by atoms with E-state index in [1.54, 1.807) is 35.0 Å². The highest BCUT2D eigenvalue weighted by atomic mass is 32.2. The van der Waals surface area contributed by atoms with Crippen LogP contribution in [0, 0.1) is 16.7 Å². The summed E-state index contributed by atoms with van der Waals surface area (Å²) < 4.78 is 1.70. The van der Waals surface area contributed by atoms with Crippen LogP contribution in [0.25, 0.3) is 5.57 Å². The number of hydrogen-bond donors (Lipinski definition) is 2. The van der Waals surface area contributed by atoms with Gasteiger partial charge in [-0.05, 0) is 43.4 Å². The second-order valence-electron chi connectivity index (χ2n) is 6.59. The number of carbonyl (C=O) groups excluding carboxylic acids is 1. The fraction of sp³-hybridized carbons (Fsp3) is 0.300. The van der Waals surface area contributed by atoms with Gasteiger partial charge >= 0.3 is 0 Å². The first kappa shape index (κ1) is 19.7. The van der Waals surface area contributed by atoms with Crippen molar-refractivity contribution >= 4 is 34.1 Å². The molecule has 1 aliphatic heterocycles. The Morgan fingerprint density at radius 3 is 2.86 bits per heavy atom. The summed E-state index contributed by atoms with van der Waals surface area (Å²) in [7, 11) is 1.81. The molecule has 0 radical (unpaired) electrons. The summed E-state index contributed by atoms with van der Waals surface area (Å²) in [6.07, 6.45) is 2.78. The van der Waals surface area contributed by atoms with Gasteiger partial charge in [0.2, 0.25) is 0 Å². The maximum absolute atomic E-state index is 12.7. The topological polar surface area (TPSA) is 97.8 Å². The first-order valence-corrected chi connectivity index (χ1v) is 10.1.